The van der Waals surface area contributed by atoms with Crippen molar-refractivity contribution in [1.82, 2.24) is 14.7 Å². The Morgan fingerprint density at radius 1 is 1.18 bits per heavy atom. The second-order valence-electron chi connectivity index (χ2n) is 8.13. The molecule has 28 heavy (non-hydrogen) atoms. The van der Waals surface area contributed by atoms with E-state index in [1.165, 1.54) is 6.07 Å². The van der Waals surface area contributed by atoms with Crippen molar-refractivity contribution in [2.75, 3.05) is 66.1 Å². The van der Waals surface area contributed by atoms with Crippen LogP contribution in [-0.2, 0) is 16.0 Å². The molecule has 0 N–H and O–H groups in total. The molecule has 2 heterocycles. The predicted octanol–water partition coefficient (Wildman–Crippen LogP) is 2.26. The van der Waals surface area contributed by atoms with Crippen LogP contribution in [-0.4, -0.2) is 86.7 Å². The third-order valence-electron chi connectivity index (χ3n) is 5.96. The molecule has 0 spiro atoms. The molecule has 6 heteroatoms. The van der Waals surface area contributed by atoms with Gasteiger partial charge in [0.2, 0.25) is 5.91 Å². The van der Waals surface area contributed by atoms with Crippen molar-refractivity contribution in [3.8, 4) is 0 Å². The molecular weight excluding hydrogens is 357 g/mol. The standard InChI is InChI=1S/C22H34FN3O2/c1-24(22(27)9-12-25-13-15-28-16-14-25)17-19-5-4-10-26(18-19)11-8-20-6-2-3-7-21(20)23/h2-3,6-7,19H,4-5,8-18H2,1H3/t19-/m1/s1. The number of rotatable bonds is 8. The summed E-state index contributed by atoms with van der Waals surface area (Å²) in [7, 11) is 1.93. The van der Waals surface area contributed by atoms with Gasteiger partial charge < -0.3 is 14.5 Å². The van der Waals surface area contributed by atoms with Gasteiger partial charge in [-0.25, -0.2) is 4.39 Å². The normalized spacial score (nSPS) is 21.6. The van der Waals surface area contributed by atoms with E-state index in [2.05, 4.69) is 9.80 Å². The van der Waals surface area contributed by atoms with Gasteiger partial charge in [-0.3, -0.25) is 9.69 Å². The van der Waals surface area contributed by atoms with Gasteiger partial charge in [0.15, 0.2) is 0 Å². The third-order valence-corrected chi connectivity index (χ3v) is 5.96. The van der Waals surface area contributed by atoms with Gasteiger partial charge in [0, 0.05) is 52.7 Å². The first-order valence-electron chi connectivity index (χ1n) is 10.6. The molecule has 0 aromatic heterocycles. The largest absolute Gasteiger partial charge is 0.379 e. The van der Waals surface area contributed by atoms with E-state index < -0.39 is 0 Å². The van der Waals surface area contributed by atoms with Gasteiger partial charge >= 0.3 is 0 Å². The number of benzene rings is 1. The second-order valence-corrected chi connectivity index (χ2v) is 8.13. The van der Waals surface area contributed by atoms with Crippen LogP contribution in [0.5, 0.6) is 0 Å². The van der Waals surface area contributed by atoms with E-state index in [1.54, 1.807) is 6.07 Å². The van der Waals surface area contributed by atoms with Crippen molar-refractivity contribution in [3.05, 3.63) is 35.6 Å². The van der Waals surface area contributed by atoms with Crippen molar-refractivity contribution >= 4 is 5.91 Å². The minimum atomic E-state index is -0.110. The van der Waals surface area contributed by atoms with Gasteiger partial charge in [0.05, 0.1) is 13.2 Å². The van der Waals surface area contributed by atoms with E-state index in [1.807, 2.05) is 24.1 Å². The first-order chi connectivity index (χ1) is 13.6. The Hall–Kier alpha value is -1.50. The van der Waals surface area contributed by atoms with Crippen molar-refractivity contribution in [3.63, 3.8) is 0 Å². The number of piperidine rings is 1. The van der Waals surface area contributed by atoms with Crippen LogP contribution in [0.25, 0.3) is 0 Å². The molecule has 156 valence electrons. The molecule has 3 rings (SSSR count). The molecule has 0 radical (unpaired) electrons. The minimum absolute atomic E-state index is 0.110. The third kappa shape index (κ3) is 6.54. The number of carbonyl (C=O) groups excluding carboxylic acids is 1. The van der Waals surface area contributed by atoms with Crippen LogP contribution in [0, 0.1) is 11.7 Å². The van der Waals surface area contributed by atoms with Gasteiger partial charge in [-0.2, -0.15) is 0 Å². The zero-order valence-corrected chi connectivity index (χ0v) is 17.1. The number of hydrogen-bond donors (Lipinski definition) is 0. The van der Waals surface area contributed by atoms with E-state index >= 15 is 0 Å². The molecule has 0 bridgehead atoms. The Balaban J connectivity index is 1.38. The average molecular weight is 392 g/mol. The fourth-order valence-corrected chi connectivity index (χ4v) is 4.24. The fourth-order valence-electron chi connectivity index (χ4n) is 4.24. The molecule has 2 fully saturated rings. The Morgan fingerprint density at radius 3 is 2.75 bits per heavy atom. The number of halogens is 1. The molecule has 2 aliphatic rings. The smallest absolute Gasteiger partial charge is 0.223 e. The Labute approximate surface area is 168 Å². The number of amides is 1. The molecule has 0 aliphatic carbocycles. The van der Waals surface area contributed by atoms with E-state index in [0.717, 1.165) is 83.9 Å². The summed E-state index contributed by atoms with van der Waals surface area (Å²) in [5.41, 5.74) is 0.792. The molecule has 1 aromatic carbocycles. The van der Waals surface area contributed by atoms with Gasteiger partial charge in [-0.05, 0) is 43.4 Å². The highest BCUT2D eigenvalue weighted by Crippen LogP contribution is 2.18. The summed E-state index contributed by atoms with van der Waals surface area (Å²) in [6, 6.07) is 7.04. The Kier molecular flexibility index (Phi) is 8.25. The van der Waals surface area contributed by atoms with Gasteiger partial charge in [-0.15, -0.1) is 0 Å². The van der Waals surface area contributed by atoms with E-state index in [4.69, 9.17) is 4.74 Å². The Morgan fingerprint density at radius 2 is 1.96 bits per heavy atom. The number of likely N-dealkylation sites (tertiary alicyclic amines) is 1. The van der Waals surface area contributed by atoms with Crippen molar-refractivity contribution in [2.45, 2.75) is 25.7 Å². The number of hydrogen-bond acceptors (Lipinski definition) is 4. The van der Waals surface area contributed by atoms with E-state index in [0.29, 0.717) is 12.3 Å². The van der Waals surface area contributed by atoms with Crippen LogP contribution in [0.4, 0.5) is 4.39 Å². The van der Waals surface area contributed by atoms with Crippen molar-refractivity contribution in [2.24, 2.45) is 5.92 Å². The molecule has 0 unspecified atom stereocenters. The topological polar surface area (TPSA) is 36.0 Å². The van der Waals surface area contributed by atoms with Crippen LogP contribution in [0.3, 0.4) is 0 Å². The van der Waals surface area contributed by atoms with Crippen LogP contribution in [0.1, 0.15) is 24.8 Å². The number of nitrogens with zero attached hydrogens (tertiary/aromatic N) is 3. The van der Waals surface area contributed by atoms with E-state index in [-0.39, 0.29) is 11.7 Å². The number of morpholine rings is 1. The lowest BCUT2D eigenvalue weighted by Crippen LogP contribution is -2.43. The summed E-state index contributed by atoms with van der Waals surface area (Å²) < 4.78 is 19.2. The molecule has 0 saturated carbocycles. The van der Waals surface area contributed by atoms with Crippen LogP contribution in [0.15, 0.2) is 24.3 Å². The summed E-state index contributed by atoms with van der Waals surface area (Å²) in [6.07, 6.45) is 3.64. The summed E-state index contributed by atoms with van der Waals surface area (Å²) in [5.74, 6) is 0.628. The lowest BCUT2D eigenvalue weighted by molar-refractivity contribution is -0.131. The molecule has 1 aromatic rings. The van der Waals surface area contributed by atoms with Crippen LogP contribution >= 0.6 is 0 Å². The van der Waals surface area contributed by atoms with Gasteiger partial charge in [0.1, 0.15) is 5.82 Å². The Bertz CT molecular complexity index is 622. The first kappa shape index (κ1) is 21.2. The zero-order valence-electron chi connectivity index (χ0n) is 17.1. The molecule has 2 saturated heterocycles. The predicted molar refractivity (Wildman–Crippen MR) is 109 cm³/mol. The summed E-state index contributed by atoms with van der Waals surface area (Å²) >= 11 is 0. The average Bonchev–Trinajstić information content (AvgIpc) is 2.72. The molecular formula is C22H34FN3O2. The maximum atomic E-state index is 13.8. The quantitative estimate of drug-likeness (QED) is 0.681. The van der Waals surface area contributed by atoms with Crippen LogP contribution in [0.2, 0.25) is 0 Å². The monoisotopic (exact) mass is 391 g/mol. The van der Waals surface area contributed by atoms with Crippen molar-refractivity contribution < 1.29 is 13.9 Å². The highest BCUT2D eigenvalue weighted by Gasteiger charge is 2.23. The maximum Gasteiger partial charge on any atom is 0.223 e. The van der Waals surface area contributed by atoms with E-state index in [9.17, 15) is 9.18 Å². The fraction of sp³-hybridized carbons (Fsp3) is 0.682. The summed E-state index contributed by atoms with van der Waals surface area (Å²) in [5, 5.41) is 0. The molecule has 1 atom stereocenters. The maximum absolute atomic E-state index is 13.8. The van der Waals surface area contributed by atoms with Gasteiger partial charge in [0.25, 0.3) is 0 Å². The summed E-state index contributed by atoms with van der Waals surface area (Å²) in [4.78, 5) is 19.1. The highest BCUT2D eigenvalue weighted by molar-refractivity contribution is 5.76. The molecule has 2 aliphatic heterocycles. The summed E-state index contributed by atoms with van der Waals surface area (Å²) in [6.45, 7) is 7.99. The number of ether oxygens (including phenoxy) is 1. The molecule has 1 amide bonds. The number of carbonyl (C=O) groups is 1. The highest BCUT2D eigenvalue weighted by atomic mass is 19.1. The first-order valence-corrected chi connectivity index (χ1v) is 10.6. The lowest BCUT2D eigenvalue weighted by atomic mass is 9.97. The van der Waals surface area contributed by atoms with Crippen LogP contribution < -0.4 is 0 Å². The van der Waals surface area contributed by atoms with Crippen molar-refractivity contribution in [1.29, 1.82) is 0 Å². The second kappa shape index (κ2) is 10.9. The zero-order chi connectivity index (χ0) is 19.8. The SMILES string of the molecule is CN(C[C@H]1CCCN(CCc2ccccc2F)C1)C(=O)CCN1CCOCC1. The lowest BCUT2D eigenvalue weighted by Gasteiger charge is -2.35. The van der Waals surface area contributed by atoms with Gasteiger partial charge in [-0.1, -0.05) is 18.2 Å². The molecule has 5 nitrogen and oxygen atoms in total. The minimum Gasteiger partial charge on any atom is -0.379 e.